The standard InChI is InChI=1S/C21H29OSi/c1-16-11-12-20(13-17(16)2)19-10-8-9-18(14-19)15-22-23(6,7)21(3,4)5/h8-14H,2,15H2,1,3-7H3. The monoisotopic (exact) mass is 325 g/mol. The minimum atomic E-state index is -1.71. The average molecular weight is 326 g/mol. The summed E-state index contributed by atoms with van der Waals surface area (Å²) >= 11 is 0. The highest BCUT2D eigenvalue weighted by atomic mass is 28.4. The van der Waals surface area contributed by atoms with Gasteiger partial charge in [-0.25, -0.2) is 0 Å². The summed E-state index contributed by atoms with van der Waals surface area (Å²) in [5, 5.41) is 0.240. The van der Waals surface area contributed by atoms with E-state index in [0.29, 0.717) is 6.61 Å². The van der Waals surface area contributed by atoms with Crippen molar-refractivity contribution in [2.45, 2.75) is 52.4 Å². The molecular weight excluding hydrogens is 296 g/mol. The first-order chi connectivity index (χ1) is 10.6. The molecule has 0 aliphatic carbocycles. The summed E-state index contributed by atoms with van der Waals surface area (Å²) in [5.41, 5.74) is 6.00. The van der Waals surface area contributed by atoms with Crippen molar-refractivity contribution < 1.29 is 4.43 Å². The summed E-state index contributed by atoms with van der Waals surface area (Å²) in [6.07, 6.45) is 0. The summed E-state index contributed by atoms with van der Waals surface area (Å²) in [5.74, 6) is 0. The van der Waals surface area contributed by atoms with Crippen LogP contribution in [0.25, 0.3) is 11.1 Å². The molecule has 0 heterocycles. The van der Waals surface area contributed by atoms with Crippen molar-refractivity contribution in [1.82, 2.24) is 0 Å². The third kappa shape index (κ3) is 4.33. The van der Waals surface area contributed by atoms with Crippen molar-refractivity contribution in [2.75, 3.05) is 0 Å². The Morgan fingerprint density at radius 2 is 1.65 bits per heavy atom. The van der Waals surface area contributed by atoms with Gasteiger partial charge in [0.25, 0.3) is 0 Å². The van der Waals surface area contributed by atoms with Gasteiger partial charge in [-0.2, -0.15) is 0 Å². The van der Waals surface area contributed by atoms with E-state index in [1.807, 2.05) is 0 Å². The van der Waals surface area contributed by atoms with Gasteiger partial charge in [0.05, 0.1) is 6.61 Å². The Morgan fingerprint density at radius 3 is 2.26 bits per heavy atom. The summed E-state index contributed by atoms with van der Waals surface area (Å²) in [6.45, 7) is 18.3. The topological polar surface area (TPSA) is 9.23 Å². The molecule has 2 aromatic carbocycles. The molecular formula is C21H29OSi. The van der Waals surface area contributed by atoms with Gasteiger partial charge in [0.2, 0.25) is 0 Å². The number of rotatable bonds is 4. The zero-order valence-corrected chi connectivity index (χ0v) is 16.4. The van der Waals surface area contributed by atoms with Crippen molar-refractivity contribution in [2.24, 2.45) is 0 Å². The van der Waals surface area contributed by atoms with Crippen LogP contribution >= 0.6 is 0 Å². The number of aryl methyl sites for hydroxylation is 1. The van der Waals surface area contributed by atoms with Crippen LogP contribution in [0.1, 0.15) is 37.5 Å². The summed E-state index contributed by atoms with van der Waals surface area (Å²) in [7, 11) is -1.71. The lowest BCUT2D eigenvalue weighted by molar-refractivity contribution is 0.276. The van der Waals surface area contributed by atoms with E-state index in [0.717, 1.165) is 5.56 Å². The first-order valence-electron chi connectivity index (χ1n) is 8.26. The third-order valence-corrected chi connectivity index (χ3v) is 9.49. The smallest absolute Gasteiger partial charge is 0.192 e. The lowest BCUT2D eigenvalue weighted by atomic mass is 9.99. The predicted molar refractivity (Wildman–Crippen MR) is 103 cm³/mol. The van der Waals surface area contributed by atoms with Crippen LogP contribution in [0, 0.1) is 13.8 Å². The lowest BCUT2D eigenvalue weighted by Crippen LogP contribution is -2.40. The van der Waals surface area contributed by atoms with Crippen LogP contribution < -0.4 is 0 Å². The molecule has 0 spiro atoms. The highest BCUT2D eigenvalue weighted by Crippen LogP contribution is 2.37. The zero-order valence-electron chi connectivity index (χ0n) is 15.4. The van der Waals surface area contributed by atoms with Gasteiger partial charge in [0.1, 0.15) is 0 Å². The third-order valence-electron chi connectivity index (χ3n) is 5.02. The average Bonchev–Trinajstić information content (AvgIpc) is 2.47. The van der Waals surface area contributed by atoms with Gasteiger partial charge < -0.3 is 4.43 Å². The van der Waals surface area contributed by atoms with Gasteiger partial charge in [0.15, 0.2) is 8.32 Å². The Labute approximate surface area is 142 Å². The molecule has 2 rings (SSSR count). The largest absolute Gasteiger partial charge is 0.413 e. The quantitative estimate of drug-likeness (QED) is 0.594. The van der Waals surface area contributed by atoms with Crippen LogP contribution in [-0.4, -0.2) is 8.32 Å². The minimum absolute atomic E-state index is 0.240. The van der Waals surface area contributed by atoms with Crippen LogP contribution in [0.5, 0.6) is 0 Å². The van der Waals surface area contributed by atoms with Crippen LogP contribution in [-0.2, 0) is 11.0 Å². The van der Waals surface area contributed by atoms with Crippen molar-refractivity contribution in [3.05, 3.63) is 66.1 Å². The van der Waals surface area contributed by atoms with E-state index in [9.17, 15) is 0 Å². The van der Waals surface area contributed by atoms with Crippen LogP contribution in [0.3, 0.4) is 0 Å². The van der Waals surface area contributed by atoms with E-state index in [1.165, 1.54) is 22.3 Å². The molecule has 0 amide bonds. The van der Waals surface area contributed by atoms with Gasteiger partial charge in [-0.1, -0.05) is 57.2 Å². The first-order valence-corrected chi connectivity index (χ1v) is 11.2. The molecule has 0 saturated carbocycles. The summed E-state index contributed by atoms with van der Waals surface area (Å²) in [4.78, 5) is 0. The van der Waals surface area contributed by atoms with Gasteiger partial charge in [-0.3, -0.25) is 0 Å². The van der Waals surface area contributed by atoms with E-state index in [2.05, 4.69) is 90.2 Å². The SMILES string of the molecule is [CH2]c1cc(-c2cccc(CO[Si](C)(C)C(C)(C)C)c2)ccc1C. The fraction of sp³-hybridized carbons (Fsp3) is 0.381. The molecule has 2 aromatic rings. The molecule has 0 saturated heterocycles. The Kier molecular flexibility index (Phi) is 5.17. The number of hydrogen-bond donors (Lipinski definition) is 0. The fourth-order valence-electron chi connectivity index (χ4n) is 2.17. The maximum absolute atomic E-state index is 6.34. The predicted octanol–water partition coefficient (Wildman–Crippen LogP) is 6.37. The molecule has 0 bridgehead atoms. The minimum Gasteiger partial charge on any atom is -0.413 e. The van der Waals surface area contributed by atoms with Crippen LogP contribution in [0.2, 0.25) is 18.1 Å². The number of benzene rings is 2. The molecule has 0 aliphatic heterocycles. The van der Waals surface area contributed by atoms with Gasteiger partial charge >= 0.3 is 0 Å². The highest BCUT2D eigenvalue weighted by Gasteiger charge is 2.36. The molecule has 0 aromatic heterocycles. The zero-order chi connectivity index (χ0) is 17.3. The second kappa shape index (κ2) is 6.62. The molecule has 0 fully saturated rings. The van der Waals surface area contributed by atoms with E-state index in [-0.39, 0.29) is 5.04 Å². The second-order valence-electron chi connectivity index (χ2n) is 7.89. The van der Waals surface area contributed by atoms with Crippen molar-refractivity contribution in [3.8, 4) is 11.1 Å². The van der Waals surface area contributed by atoms with Crippen molar-refractivity contribution in [1.29, 1.82) is 0 Å². The number of hydrogen-bond acceptors (Lipinski definition) is 1. The molecule has 0 N–H and O–H groups in total. The van der Waals surface area contributed by atoms with E-state index in [4.69, 9.17) is 4.43 Å². The van der Waals surface area contributed by atoms with Gasteiger partial charge in [-0.05, 0) is 65.9 Å². The highest BCUT2D eigenvalue weighted by molar-refractivity contribution is 6.74. The molecule has 1 radical (unpaired) electrons. The molecule has 23 heavy (non-hydrogen) atoms. The Morgan fingerprint density at radius 1 is 1.00 bits per heavy atom. The summed E-state index contributed by atoms with van der Waals surface area (Å²) < 4.78 is 6.34. The Balaban J connectivity index is 2.19. The lowest BCUT2D eigenvalue weighted by Gasteiger charge is -2.36. The van der Waals surface area contributed by atoms with E-state index < -0.39 is 8.32 Å². The summed E-state index contributed by atoms with van der Waals surface area (Å²) in [6, 6.07) is 15.1. The van der Waals surface area contributed by atoms with Gasteiger partial charge in [0, 0.05) is 0 Å². The fourth-order valence-corrected chi connectivity index (χ4v) is 3.13. The molecule has 0 aliphatic rings. The molecule has 1 nitrogen and oxygen atoms in total. The Bertz CT molecular complexity index is 680. The Hall–Kier alpha value is -1.38. The van der Waals surface area contributed by atoms with Gasteiger partial charge in [-0.15, -0.1) is 0 Å². The maximum Gasteiger partial charge on any atom is 0.192 e. The molecule has 0 atom stereocenters. The normalized spacial score (nSPS) is 12.5. The van der Waals surface area contributed by atoms with Crippen molar-refractivity contribution in [3.63, 3.8) is 0 Å². The molecule has 2 heteroatoms. The van der Waals surface area contributed by atoms with E-state index in [1.54, 1.807) is 0 Å². The van der Waals surface area contributed by atoms with Crippen LogP contribution in [0.15, 0.2) is 42.5 Å². The second-order valence-corrected chi connectivity index (χ2v) is 12.7. The van der Waals surface area contributed by atoms with E-state index >= 15 is 0 Å². The maximum atomic E-state index is 6.34. The molecule has 0 unspecified atom stereocenters. The molecule has 123 valence electrons. The first kappa shape index (κ1) is 18.0. The van der Waals surface area contributed by atoms with Crippen LogP contribution in [0.4, 0.5) is 0 Å². The van der Waals surface area contributed by atoms with Crippen molar-refractivity contribution >= 4 is 8.32 Å².